The van der Waals surface area contributed by atoms with Crippen molar-refractivity contribution in [1.82, 2.24) is 9.97 Å². The Morgan fingerprint density at radius 3 is 2.58 bits per heavy atom. The Kier molecular flexibility index (Phi) is 5.08. The zero-order valence-corrected chi connectivity index (χ0v) is 14.1. The Morgan fingerprint density at radius 1 is 1.21 bits per heavy atom. The van der Waals surface area contributed by atoms with Gasteiger partial charge in [0.1, 0.15) is 11.5 Å². The number of nitrogens with two attached hydrogens (primary N) is 1. The number of aromatic nitrogens is 2. The SMILES string of the molecule is Cc1ccc(CCC2CCN(c3cncc(C(N)=O)n3)CC2)cc1. The number of carbonyl (C=O) groups excluding carboxylic acids is 1. The predicted octanol–water partition coefficient (Wildman–Crippen LogP) is 2.73. The zero-order chi connectivity index (χ0) is 16.9. The second-order valence-corrected chi connectivity index (χ2v) is 6.58. The van der Waals surface area contributed by atoms with Crippen LogP contribution in [0.5, 0.6) is 0 Å². The second kappa shape index (κ2) is 7.43. The van der Waals surface area contributed by atoms with Gasteiger partial charge in [0.2, 0.25) is 0 Å². The summed E-state index contributed by atoms with van der Waals surface area (Å²) >= 11 is 0. The summed E-state index contributed by atoms with van der Waals surface area (Å²) in [5.74, 6) is 0.968. The highest BCUT2D eigenvalue weighted by molar-refractivity contribution is 5.90. The summed E-state index contributed by atoms with van der Waals surface area (Å²) < 4.78 is 0. The fraction of sp³-hybridized carbons (Fsp3) is 0.421. The van der Waals surface area contributed by atoms with Crippen molar-refractivity contribution in [3.63, 3.8) is 0 Å². The fourth-order valence-corrected chi connectivity index (χ4v) is 3.20. The number of anilines is 1. The van der Waals surface area contributed by atoms with Crippen LogP contribution in [0.15, 0.2) is 36.7 Å². The molecule has 2 N–H and O–H groups in total. The lowest BCUT2D eigenvalue weighted by Crippen LogP contribution is -2.34. The molecule has 0 radical (unpaired) electrons. The summed E-state index contributed by atoms with van der Waals surface area (Å²) in [5, 5.41) is 0. The lowest BCUT2D eigenvalue weighted by Gasteiger charge is -2.32. The number of aryl methyl sites for hydroxylation is 2. The molecule has 1 aromatic heterocycles. The van der Waals surface area contributed by atoms with Crippen molar-refractivity contribution in [3.05, 3.63) is 53.5 Å². The molecule has 0 unspecified atom stereocenters. The first kappa shape index (κ1) is 16.4. The minimum Gasteiger partial charge on any atom is -0.364 e. The van der Waals surface area contributed by atoms with Crippen LogP contribution in [0, 0.1) is 12.8 Å². The van der Waals surface area contributed by atoms with E-state index in [1.165, 1.54) is 23.7 Å². The van der Waals surface area contributed by atoms with Crippen LogP contribution < -0.4 is 10.6 Å². The molecule has 0 spiro atoms. The first-order valence-electron chi connectivity index (χ1n) is 8.54. The number of carbonyl (C=O) groups is 1. The van der Waals surface area contributed by atoms with Crippen LogP contribution in [0.4, 0.5) is 5.82 Å². The molecule has 1 amide bonds. The molecular weight excluding hydrogens is 300 g/mol. The molecule has 5 nitrogen and oxygen atoms in total. The van der Waals surface area contributed by atoms with Crippen LogP contribution in [0.25, 0.3) is 0 Å². The van der Waals surface area contributed by atoms with Gasteiger partial charge in [0.15, 0.2) is 0 Å². The topological polar surface area (TPSA) is 72.1 Å². The second-order valence-electron chi connectivity index (χ2n) is 6.58. The number of benzene rings is 1. The molecule has 3 rings (SSSR count). The first-order valence-corrected chi connectivity index (χ1v) is 8.54. The Morgan fingerprint density at radius 2 is 1.92 bits per heavy atom. The van der Waals surface area contributed by atoms with Gasteiger partial charge in [-0.25, -0.2) is 4.98 Å². The molecule has 24 heavy (non-hydrogen) atoms. The van der Waals surface area contributed by atoms with E-state index in [2.05, 4.69) is 46.1 Å². The Labute approximate surface area is 142 Å². The molecule has 2 heterocycles. The molecule has 2 aromatic rings. The summed E-state index contributed by atoms with van der Waals surface area (Å²) in [4.78, 5) is 21.8. The van der Waals surface area contributed by atoms with Crippen LogP contribution in [-0.2, 0) is 6.42 Å². The highest BCUT2D eigenvalue weighted by atomic mass is 16.1. The number of hydrogen-bond donors (Lipinski definition) is 1. The van der Waals surface area contributed by atoms with E-state index in [1.807, 2.05) is 0 Å². The van der Waals surface area contributed by atoms with Crippen LogP contribution in [0.1, 0.15) is 40.9 Å². The molecule has 0 bridgehead atoms. The largest absolute Gasteiger partial charge is 0.364 e. The Hall–Kier alpha value is -2.43. The van der Waals surface area contributed by atoms with Gasteiger partial charge in [-0.1, -0.05) is 29.8 Å². The Balaban J connectivity index is 1.51. The van der Waals surface area contributed by atoms with Gasteiger partial charge < -0.3 is 10.6 Å². The van der Waals surface area contributed by atoms with E-state index < -0.39 is 5.91 Å². The van der Waals surface area contributed by atoms with Crippen molar-refractivity contribution < 1.29 is 4.79 Å². The van der Waals surface area contributed by atoms with E-state index in [9.17, 15) is 4.79 Å². The lowest BCUT2D eigenvalue weighted by atomic mass is 9.90. The van der Waals surface area contributed by atoms with Crippen LogP contribution in [0.2, 0.25) is 0 Å². The van der Waals surface area contributed by atoms with Gasteiger partial charge in [0, 0.05) is 13.1 Å². The lowest BCUT2D eigenvalue weighted by molar-refractivity contribution is 0.0995. The molecule has 5 heteroatoms. The number of piperidine rings is 1. The maximum absolute atomic E-state index is 11.2. The third kappa shape index (κ3) is 4.10. The summed E-state index contributed by atoms with van der Waals surface area (Å²) in [7, 11) is 0. The van der Waals surface area contributed by atoms with E-state index in [-0.39, 0.29) is 5.69 Å². The van der Waals surface area contributed by atoms with Crippen molar-refractivity contribution in [2.45, 2.75) is 32.6 Å². The third-order valence-electron chi connectivity index (χ3n) is 4.77. The standard InChI is InChI=1S/C19H24N4O/c1-14-2-4-15(5-3-14)6-7-16-8-10-23(11-9-16)18-13-21-12-17(22-18)19(20)24/h2-5,12-13,16H,6-11H2,1H3,(H2,20,24). The average molecular weight is 324 g/mol. The maximum atomic E-state index is 11.2. The molecule has 1 aromatic carbocycles. The van der Waals surface area contributed by atoms with Gasteiger partial charge >= 0.3 is 0 Å². The minimum absolute atomic E-state index is 0.231. The van der Waals surface area contributed by atoms with Gasteiger partial charge in [-0.2, -0.15) is 0 Å². The highest BCUT2D eigenvalue weighted by Crippen LogP contribution is 2.25. The number of amides is 1. The van der Waals surface area contributed by atoms with Gasteiger partial charge in [-0.05, 0) is 44.1 Å². The molecule has 0 aliphatic carbocycles. The Bertz CT molecular complexity index is 691. The van der Waals surface area contributed by atoms with Crippen LogP contribution in [0.3, 0.4) is 0 Å². The van der Waals surface area contributed by atoms with Crippen molar-refractivity contribution in [2.75, 3.05) is 18.0 Å². The number of primary amides is 1. The molecule has 0 saturated carbocycles. The monoisotopic (exact) mass is 324 g/mol. The van der Waals surface area contributed by atoms with Crippen molar-refractivity contribution in [2.24, 2.45) is 11.7 Å². The van der Waals surface area contributed by atoms with E-state index in [0.29, 0.717) is 0 Å². The highest BCUT2D eigenvalue weighted by Gasteiger charge is 2.20. The number of rotatable bonds is 5. The molecule has 0 atom stereocenters. The van der Waals surface area contributed by atoms with E-state index in [4.69, 9.17) is 5.73 Å². The molecule has 126 valence electrons. The summed E-state index contributed by atoms with van der Waals surface area (Å²) in [5.41, 5.74) is 8.24. The molecule has 1 aliphatic rings. The van der Waals surface area contributed by atoms with Crippen molar-refractivity contribution in [3.8, 4) is 0 Å². The van der Waals surface area contributed by atoms with Crippen molar-refractivity contribution >= 4 is 11.7 Å². The third-order valence-corrected chi connectivity index (χ3v) is 4.77. The molecular formula is C19H24N4O. The summed E-state index contributed by atoms with van der Waals surface area (Å²) in [6.45, 7) is 4.03. The number of hydrogen-bond acceptors (Lipinski definition) is 4. The smallest absolute Gasteiger partial charge is 0.268 e. The van der Waals surface area contributed by atoms with Gasteiger partial charge in [-0.15, -0.1) is 0 Å². The molecule has 1 aliphatic heterocycles. The quantitative estimate of drug-likeness (QED) is 0.918. The van der Waals surface area contributed by atoms with E-state index >= 15 is 0 Å². The zero-order valence-electron chi connectivity index (χ0n) is 14.1. The van der Waals surface area contributed by atoms with E-state index in [1.54, 1.807) is 6.20 Å². The van der Waals surface area contributed by atoms with Crippen LogP contribution >= 0.6 is 0 Å². The minimum atomic E-state index is -0.530. The predicted molar refractivity (Wildman–Crippen MR) is 95.0 cm³/mol. The van der Waals surface area contributed by atoms with Crippen molar-refractivity contribution in [1.29, 1.82) is 0 Å². The maximum Gasteiger partial charge on any atom is 0.268 e. The van der Waals surface area contributed by atoms with Gasteiger partial charge in [0.05, 0.1) is 12.4 Å². The average Bonchev–Trinajstić information content (AvgIpc) is 2.62. The summed E-state index contributed by atoms with van der Waals surface area (Å²) in [6.07, 6.45) is 7.79. The summed E-state index contributed by atoms with van der Waals surface area (Å²) in [6, 6.07) is 8.83. The van der Waals surface area contributed by atoms with Gasteiger partial charge in [-0.3, -0.25) is 9.78 Å². The molecule has 1 saturated heterocycles. The first-order chi connectivity index (χ1) is 11.6. The molecule has 1 fully saturated rings. The number of nitrogens with zero attached hydrogens (tertiary/aromatic N) is 3. The van der Waals surface area contributed by atoms with Gasteiger partial charge in [0.25, 0.3) is 5.91 Å². The van der Waals surface area contributed by atoms with Crippen LogP contribution in [-0.4, -0.2) is 29.0 Å². The van der Waals surface area contributed by atoms with E-state index in [0.717, 1.165) is 44.1 Å². The normalized spacial score (nSPS) is 15.5. The fourth-order valence-electron chi connectivity index (χ4n) is 3.20.